The van der Waals surface area contributed by atoms with Crippen molar-refractivity contribution in [2.75, 3.05) is 6.61 Å². The van der Waals surface area contributed by atoms with Crippen molar-refractivity contribution in [1.29, 1.82) is 0 Å². The summed E-state index contributed by atoms with van der Waals surface area (Å²) in [6.07, 6.45) is 0.0842. The van der Waals surface area contributed by atoms with Crippen LogP contribution >= 0.6 is 0 Å². The van der Waals surface area contributed by atoms with Crippen molar-refractivity contribution in [3.8, 4) is 11.5 Å². The van der Waals surface area contributed by atoms with Crippen LogP contribution in [0.4, 0.5) is 0 Å². The minimum absolute atomic E-state index is 0.0230. The molecule has 0 aliphatic rings. The molecule has 0 aliphatic carbocycles. The number of rotatable bonds is 6. The van der Waals surface area contributed by atoms with E-state index >= 15 is 0 Å². The largest absolute Gasteiger partial charge is 0.491 e. The van der Waals surface area contributed by atoms with Crippen LogP contribution in [0.15, 0.2) is 54.6 Å². The van der Waals surface area contributed by atoms with E-state index in [9.17, 15) is 4.79 Å². The number of ketones is 1. The highest BCUT2D eigenvalue weighted by Crippen LogP contribution is 2.16. The summed E-state index contributed by atoms with van der Waals surface area (Å²) in [7, 11) is 0. The topological polar surface area (TPSA) is 35.5 Å². The molecule has 0 aliphatic heterocycles. The van der Waals surface area contributed by atoms with Crippen molar-refractivity contribution in [2.24, 2.45) is 0 Å². The van der Waals surface area contributed by atoms with E-state index in [1.807, 2.05) is 56.3 Å². The molecule has 2 rings (SSSR count). The summed E-state index contributed by atoms with van der Waals surface area (Å²) in [5, 5.41) is 0. The molecule has 2 aromatic rings. The van der Waals surface area contributed by atoms with Gasteiger partial charge in [-0.05, 0) is 38.1 Å². The first kappa shape index (κ1) is 14.1. The lowest BCUT2D eigenvalue weighted by molar-refractivity contribution is 0.0921. The van der Waals surface area contributed by atoms with E-state index in [4.69, 9.17) is 9.47 Å². The van der Waals surface area contributed by atoms with Gasteiger partial charge in [0, 0.05) is 5.56 Å². The Morgan fingerprint density at radius 2 is 1.70 bits per heavy atom. The van der Waals surface area contributed by atoms with Gasteiger partial charge in [0.15, 0.2) is 12.4 Å². The van der Waals surface area contributed by atoms with E-state index in [-0.39, 0.29) is 18.5 Å². The van der Waals surface area contributed by atoms with Crippen LogP contribution in [0, 0.1) is 0 Å². The average Bonchev–Trinajstić information content (AvgIpc) is 2.45. The Balaban J connectivity index is 1.98. The van der Waals surface area contributed by atoms with Crippen LogP contribution in [0.2, 0.25) is 0 Å². The molecule has 0 aromatic heterocycles. The Hall–Kier alpha value is -2.29. The molecule has 3 heteroatoms. The Morgan fingerprint density at radius 3 is 2.40 bits per heavy atom. The van der Waals surface area contributed by atoms with E-state index in [0.717, 1.165) is 0 Å². The van der Waals surface area contributed by atoms with Gasteiger partial charge in [0.25, 0.3) is 0 Å². The van der Waals surface area contributed by atoms with Gasteiger partial charge >= 0.3 is 0 Å². The van der Waals surface area contributed by atoms with Crippen molar-refractivity contribution in [2.45, 2.75) is 20.0 Å². The van der Waals surface area contributed by atoms with E-state index < -0.39 is 0 Å². The predicted molar refractivity (Wildman–Crippen MR) is 78.5 cm³/mol. The molecule has 0 fully saturated rings. The Labute approximate surface area is 119 Å². The van der Waals surface area contributed by atoms with E-state index in [2.05, 4.69) is 0 Å². The molecular weight excluding hydrogens is 252 g/mol. The fraction of sp³-hybridized carbons (Fsp3) is 0.235. The van der Waals surface area contributed by atoms with Crippen molar-refractivity contribution < 1.29 is 14.3 Å². The third-order valence-corrected chi connectivity index (χ3v) is 2.64. The van der Waals surface area contributed by atoms with Crippen LogP contribution in [-0.2, 0) is 0 Å². The summed E-state index contributed by atoms with van der Waals surface area (Å²) in [6, 6.07) is 16.5. The third-order valence-electron chi connectivity index (χ3n) is 2.64. The van der Waals surface area contributed by atoms with Gasteiger partial charge in [0.2, 0.25) is 0 Å². The predicted octanol–water partition coefficient (Wildman–Crippen LogP) is 3.74. The zero-order valence-electron chi connectivity index (χ0n) is 11.7. The van der Waals surface area contributed by atoms with Crippen molar-refractivity contribution in [1.82, 2.24) is 0 Å². The van der Waals surface area contributed by atoms with Gasteiger partial charge in [0.1, 0.15) is 11.5 Å². The van der Waals surface area contributed by atoms with Crippen LogP contribution < -0.4 is 9.47 Å². The fourth-order valence-corrected chi connectivity index (χ4v) is 1.76. The van der Waals surface area contributed by atoms with Crippen molar-refractivity contribution in [3.05, 3.63) is 60.2 Å². The second-order valence-corrected chi connectivity index (χ2v) is 4.72. The van der Waals surface area contributed by atoms with Gasteiger partial charge in [-0.15, -0.1) is 0 Å². The molecule has 0 bridgehead atoms. The van der Waals surface area contributed by atoms with Gasteiger partial charge in [-0.3, -0.25) is 4.79 Å². The molecule has 0 radical (unpaired) electrons. The average molecular weight is 270 g/mol. The number of ether oxygens (including phenoxy) is 2. The second-order valence-electron chi connectivity index (χ2n) is 4.72. The zero-order chi connectivity index (χ0) is 14.4. The normalized spacial score (nSPS) is 10.3. The maximum absolute atomic E-state index is 12.1. The summed E-state index contributed by atoms with van der Waals surface area (Å²) in [5.74, 6) is 1.32. The van der Waals surface area contributed by atoms with E-state index in [0.29, 0.717) is 17.1 Å². The highest BCUT2D eigenvalue weighted by molar-refractivity contribution is 5.97. The number of hydrogen-bond donors (Lipinski definition) is 0. The van der Waals surface area contributed by atoms with Crippen LogP contribution in [0.1, 0.15) is 24.2 Å². The Bertz CT molecular complexity index is 561. The zero-order valence-corrected chi connectivity index (χ0v) is 11.7. The SMILES string of the molecule is CC(C)Oc1cccc(C(=O)COc2ccccc2)c1. The second kappa shape index (κ2) is 6.75. The summed E-state index contributed by atoms with van der Waals surface area (Å²) >= 11 is 0. The minimum Gasteiger partial charge on any atom is -0.491 e. The molecule has 104 valence electrons. The summed E-state index contributed by atoms with van der Waals surface area (Å²) < 4.78 is 11.0. The van der Waals surface area contributed by atoms with E-state index in [1.165, 1.54) is 0 Å². The molecule has 0 N–H and O–H groups in total. The van der Waals surface area contributed by atoms with Gasteiger partial charge in [0.05, 0.1) is 6.10 Å². The highest BCUT2D eigenvalue weighted by Gasteiger charge is 2.08. The molecule has 0 saturated carbocycles. The van der Waals surface area contributed by atoms with Crippen LogP contribution in [0.25, 0.3) is 0 Å². The number of benzene rings is 2. The molecule has 0 amide bonds. The number of para-hydroxylation sites is 1. The summed E-state index contributed by atoms with van der Waals surface area (Å²) in [5.41, 5.74) is 0.596. The van der Waals surface area contributed by atoms with Crippen LogP contribution in [-0.4, -0.2) is 18.5 Å². The van der Waals surface area contributed by atoms with Gasteiger partial charge < -0.3 is 9.47 Å². The standard InChI is InChI=1S/C17H18O3/c1-13(2)20-16-10-6-7-14(11-16)17(18)12-19-15-8-4-3-5-9-15/h3-11,13H,12H2,1-2H3. The molecule has 0 heterocycles. The molecule has 0 unspecified atom stereocenters. The van der Waals surface area contributed by atoms with Gasteiger partial charge in [-0.1, -0.05) is 30.3 Å². The first-order valence-corrected chi connectivity index (χ1v) is 6.63. The third kappa shape index (κ3) is 4.12. The van der Waals surface area contributed by atoms with Crippen LogP contribution in [0.3, 0.4) is 0 Å². The molecule has 3 nitrogen and oxygen atoms in total. The number of Topliss-reactive ketones (excluding diaryl/α,β-unsaturated/α-hetero) is 1. The molecular formula is C17H18O3. The molecule has 2 aromatic carbocycles. The Kier molecular flexibility index (Phi) is 4.77. The van der Waals surface area contributed by atoms with Crippen molar-refractivity contribution in [3.63, 3.8) is 0 Å². The first-order chi connectivity index (χ1) is 9.65. The monoisotopic (exact) mass is 270 g/mol. The lowest BCUT2D eigenvalue weighted by atomic mass is 10.1. The minimum atomic E-state index is -0.0666. The van der Waals surface area contributed by atoms with Crippen LogP contribution in [0.5, 0.6) is 11.5 Å². The highest BCUT2D eigenvalue weighted by atomic mass is 16.5. The lowest BCUT2D eigenvalue weighted by Crippen LogP contribution is -2.12. The number of carbonyl (C=O) groups excluding carboxylic acids is 1. The molecule has 0 spiro atoms. The number of hydrogen-bond acceptors (Lipinski definition) is 3. The van der Waals surface area contributed by atoms with Gasteiger partial charge in [-0.2, -0.15) is 0 Å². The lowest BCUT2D eigenvalue weighted by Gasteiger charge is -2.10. The summed E-state index contributed by atoms with van der Waals surface area (Å²) in [6.45, 7) is 3.93. The maximum Gasteiger partial charge on any atom is 0.200 e. The number of carbonyl (C=O) groups is 1. The first-order valence-electron chi connectivity index (χ1n) is 6.63. The molecule has 0 saturated heterocycles. The summed E-state index contributed by atoms with van der Waals surface area (Å²) in [4.78, 5) is 12.1. The van der Waals surface area contributed by atoms with Gasteiger partial charge in [-0.25, -0.2) is 0 Å². The maximum atomic E-state index is 12.1. The fourth-order valence-electron chi connectivity index (χ4n) is 1.76. The molecule has 20 heavy (non-hydrogen) atoms. The molecule has 0 atom stereocenters. The van der Waals surface area contributed by atoms with Crippen molar-refractivity contribution >= 4 is 5.78 Å². The smallest absolute Gasteiger partial charge is 0.200 e. The van der Waals surface area contributed by atoms with E-state index in [1.54, 1.807) is 12.1 Å². The quantitative estimate of drug-likeness (QED) is 0.750. The Morgan fingerprint density at radius 1 is 1.00 bits per heavy atom.